The van der Waals surface area contributed by atoms with Gasteiger partial charge in [0.05, 0.1) is 5.69 Å². The molecule has 0 N–H and O–H groups in total. The number of carbonyl (C=O) groups excluding carboxylic acids is 1. The van der Waals surface area contributed by atoms with Gasteiger partial charge in [-0.3, -0.25) is 4.79 Å². The molecule has 0 saturated heterocycles. The Bertz CT molecular complexity index is 360. The van der Waals surface area contributed by atoms with Crippen molar-refractivity contribution in [3.8, 4) is 0 Å². The van der Waals surface area contributed by atoms with Crippen molar-refractivity contribution in [1.82, 2.24) is 10.1 Å². The topological polar surface area (TPSA) is 46.3 Å². The third-order valence-electron chi connectivity index (χ3n) is 2.41. The molecule has 82 valence electrons. The van der Waals surface area contributed by atoms with Crippen LogP contribution in [0, 0.1) is 6.92 Å². The van der Waals surface area contributed by atoms with Gasteiger partial charge in [-0.25, -0.2) is 0 Å². The van der Waals surface area contributed by atoms with Gasteiger partial charge in [0.2, 0.25) is 5.76 Å². The normalized spacial score (nSPS) is 15.3. The van der Waals surface area contributed by atoms with Gasteiger partial charge < -0.3 is 9.42 Å². The average molecular weight is 273 g/mol. The Balaban J connectivity index is 2.10. The predicted octanol–water partition coefficient (Wildman–Crippen LogP) is 1.98. The quantitative estimate of drug-likeness (QED) is 0.788. The Morgan fingerprint density at radius 2 is 2.47 bits per heavy atom. The molecule has 0 spiro atoms. The summed E-state index contributed by atoms with van der Waals surface area (Å²) in [7, 11) is 0. The van der Waals surface area contributed by atoms with Crippen LogP contribution in [-0.4, -0.2) is 33.9 Å². The van der Waals surface area contributed by atoms with Gasteiger partial charge in [-0.05, 0) is 19.8 Å². The van der Waals surface area contributed by atoms with Crippen molar-refractivity contribution in [3.05, 3.63) is 17.5 Å². The molecule has 0 aromatic carbocycles. The number of amides is 1. The average Bonchev–Trinajstić information content (AvgIpc) is 2.96. The van der Waals surface area contributed by atoms with E-state index in [-0.39, 0.29) is 5.91 Å². The zero-order valence-electron chi connectivity index (χ0n) is 8.57. The molecule has 1 amide bonds. The summed E-state index contributed by atoms with van der Waals surface area (Å²) in [5.74, 6) is 0.304. The van der Waals surface area contributed by atoms with Gasteiger partial charge in [0, 0.05) is 24.0 Å². The first-order chi connectivity index (χ1) is 7.22. The highest BCUT2D eigenvalue weighted by Crippen LogP contribution is 2.28. The van der Waals surface area contributed by atoms with Crippen molar-refractivity contribution in [1.29, 1.82) is 0 Å². The van der Waals surface area contributed by atoms with E-state index in [1.165, 1.54) is 0 Å². The molecule has 0 radical (unpaired) electrons. The Labute approximate surface area is 96.7 Å². The number of aromatic nitrogens is 1. The van der Waals surface area contributed by atoms with E-state index in [9.17, 15) is 4.79 Å². The van der Waals surface area contributed by atoms with Gasteiger partial charge in [0.15, 0.2) is 0 Å². The highest BCUT2D eigenvalue weighted by molar-refractivity contribution is 9.09. The van der Waals surface area contributed by atoms with E-state index in [1.54, 1.807) is 6.07 Å². The minimum absolute atomic E-state index is 0.0439. The summed E-state index contributed by atoms with van der Waals surface area (Å²) in [6.45, 7) is 2.54. The number of carbonyl (C=O) groups is 1. The zero-order valence-corrected chi connectivity index (χ0v) is 10.2. The largest absolute Gasteiger partial charge is 0.351 e. The van der Waals surface area contributed by atoms with E-state index in [0.717, 1.165) is 30.4 Å². The fourth-order valence-corrected chi connectivity index (χ4v) is 1.92. The lowest BCUT2D eigenvalue weighted by atomic mass is 10.3. The molecule has 0 atom stereocenters. The highest BCUT2D eigenvalue weighted by atomic mass is 79.9. The fourth-order valence-electron chi connectivity index (χ4n) is 1.53. The summed E-state index contributed by atoms with van der Waals surface area (Å²) >= 11 is 3.35. The molecule has 5 heteroatoms. The molecule has 0 unspecified atom stereocenters. The summed E-state index contributed by atoms with van der Waals surface area (Å²) in [5.41, 5.74) is 0.743. The van der Waals surface area contributed by atoms with Crippen LogP contribution in [0.3, 0.4) is 0 Å². The van der Waals surface area contributed by atoms with Gasteiger partial charge in [-0.2, -0.15) is 0 Å². The molecule has 1 aromatic heterocycles. The lowest BCUT2D eigenvalue weighted by Gasteiger charge is -2.19. The molecule has 15 heavy (non-hydrogen) atoms. The van der Waals surface area contributed by atoms with Crippen molar-refractivity contribution in [2.24, 2.45) is 0 Å². The predicted molar refractivity (Wildman–Crippen MR) is 59.1 cm³/mol. The van der Waals surface area contributed by atoms with Crippen LogP contribution in [0.1, 0.15) is 29.1 Å². The number of alkyl halides is 1. The third-order valence-corrected chi connectivity index (χ3v) is 2.77. The first-order valence-electron chi connectivity index (χ1n) is 5.02. The van der Waals surface area contributed by atoms with Crippen LogP contribution >= 0.6 is 15.9 Å². The zero-order chi connectivity index (χ0) is 10.8. The molecular weight excluding hydrogens is 260 g/mol. The van der Waals surface area contributed by atoms with Crippen molar-refractivity contribution in [2.75, 3.05) is 11.9 Å². The Morgan fingerprint density at radius 1 is 1.73 bits per heavy atom. The number of hydrogen-bond donors (Lipinski definition) is 0. The SMILES string of the molecule is Cc1cc(C(=O)N(CCBr)C2CC2)on1. The van der Waals surface area contributed by atoms with Crippen LogP contribution in [0.5, 0.6) is 0 Å². The maximum Gasteiger partial charge on any atom is 0.292 e. The van der Waals surface area contributed by atoms with E-state index < -0.39 is 0 Å². The first-order valence-corrected chi connectivity index (χ1v) is 6.15. The van der Waals surface area contributed by atoms with E-state index in [0.29, 0.717) is 11.8 Å². The van der Waals surface area contributed by atoms with Gasteiger partial charge in [0.25, 0.3) is 5.91 Å². The second-order valence-electron chi connectivity index (χ2n) is 3.75. The van der Waals surface area contributed by atoms with E-state index in [4.69, 9.17) is 4.52 Å². The summed E-state index contributed by atoms with van der Waals surface area (Å²) < 4.78 is 4.97. The van der Waals surface area contributed by atoms with Crippen LogP contribution in [0.15, 0.2) is 10.6 Å². The van der Waals surface area contributed by atoms with Crippen molar-refractivity contribution in [3.63, 3.8) is 0 Å². The number of halogens is 1. The van der Waals surface area contributed by atoms with Crippen LogP contribution < -0.4 is 0 Å². The fraction of sp³-hybridized carbons (Fsp3) is 0.600. The molecule has 2 rings (SSSR count). The van der Waals surface area contributed by atoms with Crippen molar-refractivity contribution >= 4 is 21.8 Å². The minimum atomic E-state index is -0.0439. The van der Waals surface area contributed by atoms with E-state index in [2.05, 4.69) is 21.1 Å². The number of aryl methyl sites for hydroxylation is 1. The molecule has 1 aliphatic rings. The Morgan fingerprint density at radius 3 is 2.93 bits per heavy atom. The molecule has 1 heterocycles. The molecule has 1 aliphatic carbocycles. The van der Waals surface area contributed by atoms with Crippen molar-refractivity contribution in [2.45, 2.75) is 25.8 Å². The molecule has 0 aliphatic heterocycles. The maximum absolute atomic E-state index is 12.0. The first kappa shape index (κ1) is 10.7. The number of nitrogens with zero attached hydrogens (tertiary/aromatic N) is 2. The number of rotatable bonds is 4. The second kappa shape index (κ2) is 4.35. The van der Waals surface area contributed by atoms with Gasteiger partial charge >= 0.3 is 0 Å². The second-order valence-corrected chi connectivity index (χ2v) is 4.54. The van der Waals surface area contributed by atoms with Crippen LogP contribution in [0.2, 0.25) is 0 Å². The standard InChI is InChI=1S/C10H13BrN2O2/c1-7-6-9(15-12-7)10(14)13(5-4-11)8-2-3-8/h6,8H,2-5H2,1H3. The van der Waals surface area contributed by atoms with Gasteiger partial charge in [-0.15, -0.1) is 0 Å². The Hall–Kier alpha value is -0.840. The lowest BCUT2D eigenvalue weighted by molar-refractivity contribution is 0.0712. The Kier molecular flexibility index (Phi) is 3.09. The van der Waals surface area contributed by atoms with Crippen LogP contribution in [-0.2, 0) is 0 Å². The van der Waals surface area contributed by atoms with Gasteiger partial charge in [0.1, 0.15) is 0 Å². The molecule has 4 nitrogen and oxygen atoms in total. The van der Waals surface area contributed by atoms with Crippen LogP contribution in [0.4, 0.5) is 0 Å². The van der Waals surface area contributed by atoms with Crippen LogP contribution in [0.25, 0.3) is 0 Å². The third kappa shape index (κ3) is 2.40. The van der Waals surface area contributed by atoms with E-state index >= 15 is 0 Å². The summed E-state index contributed by atoms with van der Waals surface area (Å²) in [6, 6.07) is 2.09. The lowest BCUT2D eigenvalue weighted by Crippen LogP contribution is -2.34. The molecule has 0 bridgehead atoms. The molecule has 1 aromatic rings. The maximum atomic E-state index is 12.0. The smallest absolute Gasteiger partial charge is 0.292 e. The summed E-state index contributed by atoms with van der Waals surface area (Å²) in [6.07, 6.45) is 2.21. The van der Waals surface area contributed by atoms with Crippen molar-refractivity contribution < 1.29 is 9.32 Å². The van der Waals surface area contributed by atoms with E-state index in [1.807, 2.05) is 11.8 Å². The summed E-state index contributed by atoms with van der Waals surface area (Å²) in [5, 5.41) is 4.52. The number of hydrogen-bond acceptors (Lipinski definition) is 3. The summed E-state index contributed by atoms with van der Waals surface area (Å²) in [4.78, 5) is 13.9. The van der Waals surface area contributed by atoms with Gasteiger partial charge in [-0.1, -0.05) is 21.1 Å². The molecule has 1 fully saturated rings. The minimum Gasteiger partial charge on any atom is -0.351 e. The monoisotopic (exact) mass is 272 g/mol. The highest BCUT2D eigenvalue weighted by Gasteiger charge is 2.33. The molecule has 1 saturated carbocycles. The molecular formula is C10H13BrN2O2.